The van der Waals surface area contributed by atoms with Crippen LogP contribution in [0.4, 0.5) is 0 Å². The lowest BCUT2D eigenvalue weighted by Crippen LogP contribution is -2.32. The molecule has 0 bridgehead atoms. The number of amides is 1. The van der Waals surface area contributed by atoms with E-state index in [1.807, 2.05) is 12.1 Å². The van der Waals surface area contributed by atoms with Crippen molar-refractivity contribution in [2.75, 3.05) is 6.54 Å². The minimum absolute atomic E-state index is 0.105. The zero-order chi connectivity index (χ0) is 16.2. The summed E-state index contributed by atoms with van der Waals surface area (Å²) in [4.78, 5) is 18.1. The Labute approximate surface area is 136 Å². The number of hydrazone groups is 1. The summed E-state index contributed by atoms with van der Waals surface area (Å²) in [7, 11) is 0. The summed E-state index contributed by atoms with van der Waals surface area (Å²) in [5.74, 6) is -0.105. The standard InChI is InChI=1S/C18H20N4O/c1-13-6-16-10-22(11-17(16)7-14(13)2)12-18(23)21-20-9-15-4-3-5-19-8-15/h3-9H,10-12H2,1-2H3,(H,21,23)/b20-9-. The Kier molecular flexibility index (Phi) is 4.48. The van der Waals surface area contributed by atoms with Crippen molar-refractivity contribution in [3.05, 3.63) is 64.5 Å². The van der Waals surface area contributed by atoms with Crippen LogP contribution in [0.15, 0.2) is 41.8 Å². The third-order valence-corrected chi connectivity index (χ3v) is 4.06. The van der Waals surface area contributed by atoms with E-state index < -0.39 is 0 Å². The van der Waals surface area contributed by atoms with E-state index in [0.29, 0.717) is 6.54 Å². The molecule has 0 unspecified atom stereocenters. The van der Waals surface area contributed by atoms with Gasteiger partial charge < -0.3 is 0 Å². The van der Waals surface area contributed by atoms with E-state index >= 15 is 0 Å². The molecule has 1 N–H and O–H groups in total. The van der Waals surface area contributed by atoms with Crippen LogP contribution in [-0.4, -0.2) is 28.6 Å². The lowest BCUT2D eigenvalue weighted by atomic mass is 10.0. The number of hydrogen-bond acceptors (Lipinski definition) is 4. The number of fused-ring (bicyclic) bond motifs is 1. The Balaban J connectivity index is 1.53. The summed E-state index contributed by atoms with van der Waals surface area (Å²) >= 11 is 0. The molecule has 1 aliphatic rings. The van der Waals surface area contributed by atoms with Crippen molar-refractivity contribution < 1.29 is 4.79 Å². The maximum absolute atomic E-state index is 12.0. The van der Waals surface area contributed by atoms with Gasteiger partial charge in [-0.2, -0.15) is 5.10 Å². The van der Waals surface area contributed by atoms with E-state index in [9.17, 15) is 4.79 Å². The molecule has 2 heterocycles. The molecular weight excluding hydrogens is 288 g/mol. The fraction of sp³-hybridized carbons (Fsp3) is 0.278. The number of rotatable bonds is 4. The van der Waals surface area contributed by atoms with Gasteiger partial charge in [-0.3, -0.25) is 14.7 Å². The summed E-state index contributed by atoms with van der Waals surface area (Å²) in [6.45, 7) is 6.22. The number of carbonyl (C=O) groups is 1. The van der Waals surface area contributed by atoms with E-state index in [2.05, 4.69) is 46.4 Å². The lowest BCUT2D eigenvalue weighted by Gasteiger charge is -2.12. The average Bonchev–Trinajstić information content (AvgIpc) is 2.90. The molecule has 118 valence electrons. The van der Waals surface area contributed by atoms with Crippen molar-refractivity contribution in [2.45, 2.75) is 26.9 Å². The van der Waals surface area contributed by atoms with E-state index in [-0.39, 0.29) is 5.91 Å². The molecule has 5 heteroatoms. The number of hydrogen-bond donors (Lipinski definition) is 1. The fourth-order valence-corrected chi connectivity index (χ4v) is 2.75. The second-order valence-corrected chi connectivity index (χ2v) is 5.93. The van der Waals surface area contributed by atoms with Crippen LogP contribution in [0.2, 0.25) is 0 Å². The van der Waals surface area contributed by atoms with Crippen LogP contribution in [0.3, 0.4) is 0 Å². The first-order chi connectivity index (χ1) is 11.1. The topological polar surface area (TPSA) is 57.6 Å². The highest BCUT2D eigenvalue weighted by Crippen LogP contribution is 2.25. The third kappa shape index (κ3) is 3.81. The minimum atomic E-state index is -0.105. The Bertz CT molecular complexity index is 709. The molecular formula is C18H20N4O. The van der Waals surface area contributed by atoms with Crippen molar-refractivity contribution in [3.8, 4) is 0 Å². The van der Waals surface area contributed by atoms with Gasteiger partial charge in [-0.15, -0.1) is 0 Å². The van der Waals surface area contributed by atoms with Gasteiger partial charge in [0.15, 0.2) is 0 Å². The van der Waals surface area contributed by atoms with Gasteiger partial charge >= 0.3 is 0 Å². The Morgan fingerprint density at radius 2 is 2.00 bits per heavy atom. The highest BCUT2D eigenvalue weighted by Gasteiger charge is 2.21. The van der Waals surface area contributed by atoms with Gasteiger partial charge in [-0.25, -0.2) is 5.43 Å². The number of aromatic nitrogens is 1. The molecule has 0 atom stereocenters. The Morgan fingerprint density at radius 3 is 2.61 bits per heavy atom. The van der Waals surface area contributed by atoms with Gasteiger partial charge in [0.05, 0.1) is 12.8 Å². The summed E-state index contributed by atoms with van der Waals surface area (Å²) in [5, 5.41) is 3.97. The number of benzene rings is 1. The minimum Gasteiger partial charge on any atom is -0.286 e. The summed E-state index contributed by atoms with van der Waals surface area (Å²) in [6.07, 6.45) is 4.98. The highest BCUT2D eigenvalue weighted by atomic mass is 16.2. The summed E-state index contributed by atoms with van der Waals surface area (Å²) < 4.78 is 0. The summed E-state index contributed by atoms with van der Waals surface area (Å²) in [6, 6.07) is 8.16. The molecule has 0 fully saturated rings. The average molecular weight is 308 g/mol. The van der Waals surface area contributed by atoms with Crippen LogP contribution in [0.25, 0.3) is 0 Å². The van der Waals surface area contributed by atoms with Gasteiger partial charge in [0.1, 0.15) is 0 Å². The molecule has 1 amide bonds. The fourth-order valence-electron chi connectivity index (χ4n) is 2.75. The number of nitrogens with zero attached hydrogens (tertiary/aromatic N) is 3. The van der Waals surface area contributed by atoms with Gasteiger partial charge in [0.2, 0.25) is 0 Å². The van der Waals surface area contributed by atoms with Crippen LogP contribution in [-0.2, 0) is 17.9 Å². The largest absolute Gasteiger partial charge is 0.286 e. The first kappa shape index (κ1) is 15.4. The normalized spacial score (nSPS) is 14.2. The number of aryl methyl sites for hydroxylation is 2. The number of carbonyl (C=O) groups excluding carboxylic acids is 1. The second kappa shape index (κ2) is 6.71. The van der Waals surface area contributed by atoms with Crippen LogP contribution < -0.4 is 5.43 Å². The van der Waals surface area contributed by atoms with E-state index in [4.69, 9.17) is 0 Å². The first-order valence-electron chi connectivity index (χ1n) is 7.65. The Morgan fingerprint density at radius 1 is 1.30 bits per heavy atom. The Hall–Kier alpha value is -2.53. The van der Waals surface area contributed by atoms with E-state index in [1.54, 1.807) is 18.6 Å². The molecule has 1 aliphatic heterocycles. The van der Waals surface area contributed by atoms with E-state index in [1.165, 1.54) is 22.3 Å². The predicted octanol–water partition coefficient (Wildman–Crippen LogP) is 2.16. The highest BCUT2D eigenvalue weighted by molar-refractivity contribution is 5.82. The quantitative estimate of drug-likeness (QED) is 0.695. The SMILES string of the molecule is Cc1cc2c(cc1C)CN(CC(=O)N/N=C\c1cccnc1)C2. The molecule has 0 saturated carbocycles. The van der Waals surface area contributed by atoms with Gasteiger partial charge in [0.25, 0.3) is 5.91 Å². The molecule has 2 aromatic rings. The van der Waals surface area contributed by atoms with Gasteiger partial charge in [0, 0.05) is 31.0 Å². The monoisotopic (exact) mass is 308 g/mol. The van der Waals surface area contributed by atoms with E-state index in [0.717, 1.165) is 18.7 Å². The predicted molar refractivity (Wildman–Crippen MR) is 90.0 cm³/mol. The van der Waals surface area contributed by atoms with Crippen molar-refractivity contribution in [3.63, 3.8) is 0 Å². The van der Waals surface area contributed by atoms with Crippen LogP contribution >= 0.6 is 0 Å². The van der Waals surface area contributed by atoms with Gasteiger partial charge in [-0.05, 0) is 42.2 Å². The number of nitrogens with one attached hydrogen (secondary N) is 1. The van der Waals surface area contributed by atoms with Crippen LogP contribution in [0.1, 0.15) is 27.8 Å². The molecule has 0 saturated heterocycles. The van der Waals surface area contributed by atoms with Crippen molar-refractivity contribution in [1.82, 2.24) is 15.3 Å². The van der Waals surface area contributed by atoms with Crippen molar-refractivity contribution >= 4 is 12.1 Å². The first-order valence-corrected chi connectivity index (χ1v) is 7.65. The third-order valence-electron chi connectivity index (χ3n) is 4.06. The van der Waals surface area contributed by atoms with Crippen LogP contribution in [0, 0.1) is 13.8 Å². The molecule has 0 radical (unpaired) electrons. The molecule has 0 spiro atoms. The second-order valence-electron chi connectivity index (χ2n) is 5.93. The molecule has 1 aromatic heterocycles. The van der Waals surface area contributed by atoms with Crippen molar-refractivity contribution in [2.24, 2.45) is 5.10 Å². The molecule has 3 rings (SSSR count). The van der Waals surface area contributed by atoms with Gasteiger partial charge in [-0.1, -0.05) is 18.2 Å². The lowest BCUT2D eigenvalue weighted by molar-refractivity contribution is -0.122. The molecule has 5 nitrogen and oxygen atoms in total. The maximum atomic E-state index is 12.0. The molecule has 0 aliphatic carbocycles. The zero-order valence-electron chi connectivity index (χ0n) is 13.4. The molecule has 23 heavy (non-hydrogen) atoms. The summed E-state index contributed by atoms with van der Waals surface area (Å²) in [5.41, 5.74) is 8.67. The number of pyridine rings is 1. The smallest absolute Gasteiger partial charge is 0.254 e. The van der Waals surface area contributed by atoms with Crippen LogP contribution in [0.5, 0.6) is 0 Å². The maximum Gasteiger partial charge on any atom is 0.254 e. The molecule has 1 aromatic carbocycles. The van der Waals surface area contributed by atoms with Crippen molar-refractivity contribution in [1.29, 1.82) is 0 Å². The zero-order valence-corrected chi connectivity index (χ0v) is 13.4.